The summed E-state index contributed by atoms with van der Waals surface area (Å²) >= 11 is 1.30. The van der Waals surface area contributed by atoms with Gasteiger partial charge in [-0.2, -0.15) is 4.31 Å². The van der Waals surface area contributed by atoms with Crippen LogP contribution in [0.4, 0.5) is 0 Å². The van der Waals surface area contributed by atoms with Crippen LogP contribution in [0, 0.1) is 0 Å². The Bertz CT molecular complexity index is 1040. The largest absolute Gasteiger partial charge is 0.493 e. The number of ether oxygens (including phenoxy) is 2. The number of benzene rings is 1. The average molecular weight is 494 g/mol. The molecule has 0 N–H and O–H groups in total. The highest BCUT2D eigenvalue weighted by Crippen LogP contribution is 2.28. The van der Waals surface area contributed by atoms with E-state index in [4.69, 9.17) is 9.47 Å². The standard InChI is InChI=1S/C23H31N3O5S2/c1-4-25(16-18-8-10-20(30-2)21(14-18)31-3)23(27)17-32-22-11-9-19(15-24-22)33(28,29)26-12-6-5-7-13-26/h8-11,14-15H,4-7,12-13,16-17H2,1-3H3. The van der Waals surface area contributed by atoms with Gasteiger partial charge in [0.15, 0.2) is 11.5 Å². The molecule has 1 aromatic carbocycles. The van der Waals surface area contributed by atoms with Gasteiger partial charge < -0.3 is 14.4 Å². The number of methoxy groups -OCH3 is 2. The van der Waals surface area contributed by atoms with Gasteiger partial charge in [-0.05, 0) is 49.6 Å². The first kappa shape index (κ1) is 25.3. The summed E-state index contributed by atoms with van der Waals surface area (Å²) < 4.78 is 37.6. The first-order valence-electron chi connectivity index (χ1n) is 11.0. The molecule has 0 bridgehead atoms. The normalized spacial score (nSPS) is 14.6. The molecule has 1 aliphatic heterocycles. The van der Waals surface area contributed by atoms with Crippen LogP contribution < -0.4 is 9.47 Å². The van der Waals surface area contributed by atoms with Crippen LogP contribution in [0.5, 0.6) is 11.5 Å². The smallest absolute Gasteiger partial charge is 0.244 e. The Morgan fingerprint density at radius 1 is 1.09 bits per heavy atom. The molecule has 10 heteroatoms. The first-order valence-corrected chi connectivity index (χ1v) is 13.4. The van der Waals surface area contributed by atoms with E-state index >= 15 is 0 Å². The summed E-state index contributed by atoms with van der Waals surface area (Å²) in [6, 6.07) is 8.84. The Morgan fingerprint density at radius 3 is 2.42 bits per heavy atom. The summed E-state index contributed by atoms with van der Waals surface area (Å²) in [7, 11) is -0.342. The number of carbonyl (C=O) groups is 1. The van der Waals surface area contributed by atoms with E-state index in [2.05, 4.69) is 4.98 Å². The van der Waals surface area contributed by atoms with E-state index in [0.717, 1.165) is 24.8 Å². The van der Waals surface area contributed by atoms with Crippen molar-refractivity contribution in [2.24, 2.45) is 0 Å². The van der Waals surface area contributed by atoms with Gasteiger partial charge in [-0.1, -0.05) is 24.2 Å². The fourth-order valence-corrected chi connectivity index (χ4v) is 5.87. The minimum atomic E-state index is -3.51. The Balaban J connectivity index is 1.59. The highest BCUT2D eigenvalue weighted by atomic mass is 32.2. The van der Waals surface area contributed by atoms with Gasteiger partial charge in [-0.25, -0.2) is 13.4 Å². The molecule has 33 heavy (non-hydrogen) atoms. The number of carbonyl (C=O) groups excluding carboxylic acids is 1. The van der Waals surface area contributed by atoms with Gasteiger partial charge in [0, 0.05) is 32.4 Å². The Morgan fingerprint density at radius 2 is 1.82 bits per heavy atom. The molecule has 3 rings (SSSR count). The minimum absolute atomic E-state index is 0.0240. The molecule has 0 saturated carbocycles. The highest BCUT2D eigenvalue weighted by Gasteiger charge is 2.26. The second-order valence-corrected chi connectivity index (χ2v) is 10.6. The predicted molar refractivity (Wildman–Crippen MR) is 128 cm³/mol. The van der Waals surface area contributed by atoms with Gasteiger partial charge in [-0.15, -0.1) is 0 Å². The Hall–Kier alpha value is -2.30. The lowest BCUT2D eigenvalue weighted by Crippen LogP contribution is -2.35. The number of pyridine rings is 1. The lowest BCUT2D eigenvalue weighted by molar-refractivity contribution is -0.128. The third kappa shape index (κ3) is 6.39. The zero-order valence-corrected chi connectivity index (χ0v) is 21.0. The van der Waals surface area contributed by atoms with Crippen molar-refractivity contribution in [3.05, 3.63) is 42.1 Å². The van der Waals surface area contributed by atoms with E-state index in [0.29, 0.717) is 42.7 Å². The molecule has 0 atom stereocenters. The van der Waals surface area contributed by atoms with Crippen LogP contribution in [0.15, 0.2) is 46.5 Å². The van der Waals surface area contributed by atoms with E-state index in [9.17, 15) is 13.2 Å². The third-order valence-corrected chi connectivity index (χ3v) is 8.37. The maximum Gasteiger partial charge on any atom is 0.244 e. The number of sulfonamides is 1. The zero-order chi connectivity index (χ0) is 23.8. The van der Waals surface area contributed by atoms with Crippen molar-refractivity contribution >= 4 is 27.7 Å². The predicted octanol–water partition coefficient (Wildman–Crippen LogP) is 3.41. The quantitative estimate of drug-likeness (QED) is 0.469. The van der Waals surface area contributed by atoms with E-state index in [1.807, 2.05) is 25.1 Å². The maximum absolute atomic E-state index is 12.8. The summed E-state index contributed by atoms with van der Waals surface area (Å²) in [5.74, 6) is 1.45. The Labute approximate surface area is 200 Å². The van der Waals surface area contributed by atoms with E-state index in [-0.39, 0.29) is 16.6 Å². The fraction of sp³-hybridized carbons (Fsp3) is 0.478. The molecule has 0 spiro atoms. The molecule has 2 heterocycles. The molecule has 180 valence electrons. The van der Waals surface area contributed by atoms with Crippen LogP contribution in [0.2, 0.25) is 0 Å². The van der Waals surface area contributed by atoms with Gasteiger partial charge >= 0.3 is 0 Å². The summed E-state index contributed by atoms with van der Waals surface area (Å²) in [5.41, 5.74) is 0.943. The average Bonchev–Trinajstić information content (AvgIpc) is 2.86. The molecule has 0 aliphatic carbocycles. The number of thioether (sulfide) groups is 1. The molecule has 1 aliphatic rings. The van der Waals surface area contributed by atoms with Crippen molar-refractivity contribution < 1.29 is 22.7 Å². The summed E-state index contributed by atoms with van der Waals surface area (Å²) in [5, 5.41) is 0.614. The van der Waals surface area contributed by atoms with Gasteiger partial charge in [0.1, 0.15) is 4.90 Å². The van der Waals surface area contributed by atoms with E-state index < -0.39 is 10.0 Å². The number of piperidine rings is 1. The van der Waals surface area contributed by atoms with Crippen molar-refractivity contribution in [2.45, 2.75) is 42.7 Å². The molecule has 0 radical (unpaired) electrons. The molecular weight excluding hydrogens is 462 g/mol. The molecule has 1 amide bonds. The molecule has 2 aromatic rings. The summed E-state index contributed by atoms with van der Waals surface area (Å²) in [4.78, 5) is 19.0. The van der Waals surface area contributed by atoms with Gasteiger partial charge in [0.25, 0.3) is 0 Å². The van der Waals surface area contributed by atoms with Crippen LogP contribution >= 0.6 is 11.8 Å². The van der Waals surface area contributed by atoms with Crippen LogP contribution in [0.3, 0.4) is 0 Å². The number of hydrogen-bond acceptors (Lipinski definition) is 7. The number of nitrogens with zero attached hydrogens (tertiary/aromatic N) is 3. The molecule has 0 unspecified atom stereocenters. The van der Waals surface area contributed by atoms with Crippen molar-refractivity contribution in [1.29, 1.82) is 0 Å². The minimum Gasteiger partial charge on any atom is -0.493 e. The maximum atomic E-state index is 12.8. The van der Waals surface area contributed by atoms with Crippen LogP contribution in [-0.2, 0) is 21.4 Å². The highest BCUT2D eigenvalue weighted by molar-refractivity contribution is 7.99. The third-order valence-electron chi connectivity index (χ3n) is 5.56. The van der Waals surface area contributed by atoms with Crippen molar-refractivity contribution in [1.82, 2.24) is 14.2 Å². The van der Waals surface area contributed by atoms with Gasteiger partial charge in [0.05, 0.1) is 25.0 Å². The molecule has 1 saturated heterocycles. The molecule has 8 nitrogen and oxygen atoms in total. The topological polar surface area (TPSA) is 89.0 Å². The molecular formula is C23H31N3O5S2. The summed E-state index contributed by atoms with van der Waals surface area (Å²) in [6.07, 6.45) is 4.23. The van der Waals surface area contributed by atoms with Crippen LogP contribution in [0.1, 0.15) is 31.7 Å². The van der Waals surface area contributed by atoms with Crippen molar-refractivity contribution in [2.75, 3.05) is 39.6 Å². The fourth-order valence-electron chi connectivity index (χ4n) is 3.66. The Kier molecular flexibility index (Phi) is 8.99. The van der Waals surface area contributed by atoms with Crippen LogP contribution in [0.25, 0.3) is 0 Å². The van der Waals surface area contributed by atoms with Crippen LogP contribution in [-0.4, -0.2) is 68.1 Å². The monoisotopic (exact) mass is 493 g/mol. The number of hydrogen-bond donors (Lipinski definition) is 0. The van der Waals surface area contributed by atoms with E-state index in [1.54, 1.807) is 31.3 Å². The number of rotatable bonds is 10. The lowest BCUT2D eigenvalue weighted by atomic mass is 10.2. The SMILES string of the molecule is CCN(Cc1ccc(OC)c(OC)c1)C(=O)CSc1ccc(S(=O)(=O)N2CCCCC2)cn1. The number of aromatic nitrogens is 1. The summed E-state index contributed by atoms with van der Waals surface area (Å²) in [6.45, 7) is 4.06. The van der Waals surface area contributed by atoms with Crippen molar-refractivity contribution in [3.8, 4) is 11.5 Å². The lowest BCUT2D eigenvalue weighted by Gasteiger charge is -2.25. The van der Waals surface area contributed by atoms with Crippen molar-refractivity contribution in [3.63, 3.8) is 0 Å². The van der Waals surface area contributed by atoms with Gasteiger partial charge in [0.2, 0.25) is 15.9 Å². The van der Waals surface area contributed by atoms with Gasteiger partial charge in [-0.3, -0.25) is 4.79 Å². The zero-order valence-electron chi connectivity index (χ0n) is 19.3. The first-order chi connectivity index (χ1) is 15.9. The number of amides is 1. The second-order valence-electron chi connectivity index (χ2n) is 7.68. The molecule has 1 fully saturated rings. The molecule has 1 aromatic heterocycles. The van der Waals surface area contributed by atoms with E-state index in [1.165, 1.54) is 22.3 Å². The second kappa shape index (κ2) is 11.7.